The van der Waals surface area contributed by atoms with E-state index in [9.17, 15) is 8.78 Å². The van der Waals surface area contributed by atoms with Gasteiger partial charge in [-0.25, -0.2) is 13.8 Å². The van der Waals surface area contributed by atoms with E-state index in [-0.39, 0.29) is 10.7 Å². The van der Waals surface area contributed by atoms with Crippen LogP contribution < -0.4 is 0 Å². The van der Waals surface area contributed by atoms with E-state index < -0.39 is 12.5 Å². The van der Waals surface area contributed by atoms with Crippen molar-refractivity contribution in [3.05, 3.63) is 27.5 Å². The lowest BCUT2D eigenvalue weighted by Gasteiger charge is -2.11. The van der Waals surface area contributed by atoms with Crippen LogP contribution in [-0.4, -0.2) is 16.5 Å². The Hall–Kier alpha value is -0.260. The standard InChI is InChI=1S/C7H5BrClF2NO/c8-4-2-12-5(9)1-3(4)6(13)7(10)11/h1-2,6-7,13H. The maximum Gasteiger partial charge on any atom is 0.268 e. The number of aromatic nitrogens is 1. The summed E-state index contributed by atoms with van der Waals surface area (Å²) in [5.74, 6) is 0. The molecule has 1 atom stereocenters. The molecule has 1 aromatic heterocycles. The van der Waals surface area contributed by atoms with Crippen LogP contribution in [0.5, 0.6) is 0 Å². The van der Waals surface area contributed by atoms with Gasteiger partial charge in [-0.15, -0.1) is 0 Å². The van der Waals surface area contributed by atoms with E-state index in [0.29, 0.717) is 4.47 Å². The fourth-order valence-electron chi connectivity index (χ4n) is 0.790. The van der Waals surface area contributed by atoms with Crippen LogP contribution in [0, 0.1) is 0 Å². The molecule has 1 aromatic rings. The molecule has 1 rings (SSSR count). The third kappa shape index (κ3) is 2.59. The monoisotopic (exact) mass is 271 g/mol. The third-order valence-corrected chi connectivity index (χ3v) is 2.28. The molecule has 0 bridgehead atoms. The molecule has 1 N–H and O–H groups in total. The second-order valence-electron chi connectivity index (χ2n) is 2.31. The number of alkyl halides is 2. The Morgan fingerprint density at radius 3 is 2.69 bits per heavy atom. The van der Waals surface area contributed by atoms with Crippen molar-refractivity contribution in [2.24, 2.45) is 0 Å². The van der Waals surface area contributed by atoms with Gasteiger partial charge < -0.3 is 5.11 Å². The van der Waals surface area contributed by atoms with E-state index in [0.717, 1.165) is 0 Å². The molecule has 1 heterocycles. The first kappa shape index (κ1) is 10.8. The normalized spacial score (nSPS) is 13.4. The highest BCUT2D eigenvalue weighted by Crippen LogP contribution is 2.28. The van der Waals surface area contributed by atoms with Gasteiger partial charge in [-0.05, 0) is 22.0 Å². The Balaban J connectivity index is 3.05. The highest BCUT2D eigenvalue weighted by Gasteiger charge is 2.21. The first-order chi connectivity index (χ1) is 6.02. The largest absolute Gasteiger partial charge is 0.382 e. The number of rotatable bonds is 2. The Morgan fingerprint density at radius 1 is 1.54 bits per heavy atom. The molecule has 0 fully saturated rings. The van der Waals surface area contributed by atoms with Crippen molar-refractivity contribution < 1.29 is 13.9 Å². The summed E-state index contributed by atoms with van der Waals surface area (Å²) in [5, 5.41) is 9.10. The Morgan fingerprint density at radius 2 is 2.15 bits per heavy atom. The molecular weight excluding hydrogens is 267 g/mol. The van der Waals surface area contributed by atoms with Gasteiger partial charge in [-0.1, -0.05) is 11.6 Å². The van der Waals surface area contributed by atoms with Crippen LogP contribution in [0.1, 0.15) is 11.7 Å². The predicted molar refractivity (Wildman–Crippen MR) is 47.9 cm³/mol. The minimum Gasteiger partial charge on any atom is -0.382 e. The molecule has 0 amide bonds. The SMILES string of the molecule is OC(c1cc(Cl)ncc1Br)C(F)F. The Labute approximate surface area is 86.7 Å². The van der Waals surface area contributed by atoms with Crippen molar-refractivity contribution in [2.45, 2.75) is 12.5 Å². The fraction of sp³-hybridized carbons (Fsp3) is 0.286. The zero-order valence-electron chi connectivity index (χ0n) is 6.22. The summed E-state index contributed by atoms with van der Waals surface area (Å²) in [4.78, 5) is 3.64. The molecule has 6 heteroatoms. The third-order valence-electron chi connectivity index (χ3n) is 1.41. The summed E-state index contributed by atoms with van der Waals surface area (Å²) in [6.07, 6.45) is -3.41. The molecule has 0 aliphatic heterocycles. The van der Waals surface area contributed by atoms with E-state index in [4.69, 9.17) is 16.7 Å². The van der Waals surface area contributed by atoms with Crippen LogP contribution in [0.2, 0.25) is 5.15 Å². The lowest BCUT2D eigenvalue weighted by molar-refractivity contribution is -0.00622. The number of hydrogen-bond donors (Lipinski definition) is 1. The van der Waals surface area contributed by atoms with Crippen LogP contribution in [0.25, 0.3) is 0 Å². The zero-order valence-corrected chi connectivity index (χ0v) is 8.56. The maximum absolute atomic E-state index is 12.1. The lowest BCUT2D eigenvalue weighted by Crippen LogP contribution is -2.08. The summed E-state index contributed by atoms with van der Waals surface area (Å²) in [5.41, 5.74) is 0.0370. The Kier molecular flexibility index (Phi) is 3.58. The molecule has 0 saturated heterocycles. The van der Waals surface area contributed by atoms with Crippen molar-refractivity contribution in [1.29, 1.82) is 0 Å². The maximum atomic E-state index is 12.1. The quantitative estimate of drug-likeness (QED) is 0.840. The Bertz CT molecular complexity index is 311. The van der Waals surface area contributed by atoms with E-state index >= 15 is 0 Å². The molecule has 0 spiro atoms. The molecule has 0 aliphatic rings. The van der Waals surface area contributed by atoms with Gasteiger partial charge in [-0.2, -0.15) is 0 Å². The molecule has 1 unspecified atom stereocenters. The van der Waals surface area contributed by atoms with E-state index in [1.54, 1.807) is 0 Å². The zero-order chi connectivity index (χ0) is 10.0. The fourth-order valence-corrected chi connectivity index (χ4v) is 1.41. The highest BCUT2D eigenvalue weighted by molar-refractivity contribution is 9.10. The number of hydrogen-bond acceptors (Lipinski definition) is 2. The van der Waals surface area contributed by atoms with E-state index in [1.807, 2.05) is 0 Å². The predicted octanol–water partition coefficient (Wildman–Crippen LogP) is 2.80. The van der Waals surface area contributed by atoms with Crippen LogP contribution >= 0.6 is 27.5 Å². The number of aliphatic hydroxyl groups is 1. The van der Waals surface area contributed by atoms with Gasteiger partial charge in [0.05, 0.1) is 0 Å². The lowest BCUT2D eigenvalue weighted by atomic mass is 10.1. The molecular formula is C7H5BrClF2NO. The number of nitrogens with zero attached hydrogens (tertiary/aromatic N) is 1. The second-order valence-corrected chi connectivity index (χ2v) is 3.55. The first-order valence-corrected chi connectivity index (χ1v) is 4.46. The highest BCUT2D eigenvalue weighted by atomic mass is 79.9. The number of aliphatic hydroxyl groups excluding tert-OH is 1. The number of halogens is 4. The average molecular weight is 272 g/mol. The van der Waals surface area contributed by atoms with Crippen molar-refractivity contribution in [3.63, 3.8) is 0 Å². The summed E-state index contributed by atoms with van der Waals surface area (Å²) in [7, 11) is 0. The first-order valence-electron chi connectivity index (χ1n) is 3.29. The minimum absolute atomic E-state index is 0.0370. The van der Waals surface area contributed by atoms with Crippen LogP contribution in [0.3, 0.4) is 0 Å². The molecule has 0 aromatic carbocycles. The van der Waals surface area contributed by atoms with Crippen molar-refractivity contribution >= 4 is 27.5 Å². The molecule has 0 radical (unpaired) electrons. The molecule has 2 nitrogen and oxygen atoms in total. The topological polar surface area (TPSA) is 33.1 Å². The van der Waals surface area contributed by atoms with Gasteiger partial charge in [-0.3, -0.25) is 0 Å². The smallest absolute Gasteiger partial charge is 0.268 e. The van der Waals surface area contributed by atoms with Gasteiger partial charge in [0.1, 0.15) is 11.3 Å². The van der Waals surface area contributed by atoms with Gasteiger partial charge in [0, 0.05) is 16.2 Å². The molecule has 72 valence electrons. The minimum atomic E-state index is -2.84. The number of pyridine rings is 1. The molecule has 13 heavy (non-hydrogen) atoms. The van der Waals surface area contributed by atoms with Gasteiger partial charge in [0.2, 0.25) is 0 Å². The summed E-state index contributed by atoms with van der Waals surface area (Å²) in [6, 6.07) is 1.20. The summed E-state index contributed by atoms with van der Waals surface area (Å²) in [6.45, 7) is 0. The van der Waals surface area contributed by atoms with E-state index in [1.165, 1.54) is 12.3 Å². The molecule has 0 aliphatic carbocycles. The van der Waals surface area contributed by atoms with Crippen LogP contribution in [-0.2, 0) is 0 Å². The van der Waals surface area contributed by atoms with Crippen LogP contribution in [0.15, 0.2) is 16.7 Å². The van der Waals surface area contributed by atoms with Gasteiger partial charge in [0.25, 0.3) is 6.43 Å². The average Bonchev–Trinajstić information content (AvgIpc) is 2.08. The van der Waals surface area contributed by atoms with Crippen LogP contribution in [0.4, 0.5) is 8.78 Å². The van der Waals surface area contributed by atoms with Crippen molar-refractivity contribution in [1.82, 2.24) is 4.98 Å². The van der Waals surface area contributed by atoms with Gasteiger partial charge >= 0.3 is 0 Å². The summed E-state index contributed by atoms with van der Waals surface area (Å²) < 4.78 is 24.5. The van der Waals surface area contributed by atoms with Crippen molar-refractivity contribution in [2.75, 3.05) is 0 Å². The van der Waals surface area contributed by atoms with E-state index in [2.05, 4.69) is 20.9 Å². The summed E-state index contributed by atoms with van der Waals surface area (Å²) >= 11 is 8.46. The molecule has 0 saturated carbocycles. The van der Waals surface area contributed by atoms with Gasteiger partial charge in [0.15, 0.2) is 0 Å². The second kappa shape index (κ2) is 4.30. The van der Waals surface area contributed by atoms with Crippen molar-refractivity contribution in [3.8, 4) is 0 Å².